The van der Waals surface area contributed by atoms with Gasteiger partial charge in [0.25, 0.3) is 0 Å². The number of carbonyl (C=O) groups excluding carboxylic acids is 1. The van der Waals surface area contributed by atoms with E-state index in [0.717, 1.165) is 19.3 Å². The number of amides is 1. The molecule has 1 heterocycles. The van der Waals surface area contributed by atoms with Gasteiger partial charge in [-0.15, -0.1) is 11.3 Å². The van der Waals surface area contributed by atoms with Gasteiger partial charge < -0.3 is 10.0 Å². The van der Waals surface area contributed by atoms with Gasteiger partial charge in [-0.25, -0.2) is 0 Å². The van der Waals surface area contributed by atoms with Crippen molar-refractivity contribution in [2.75, 3.05) is 13.6 Å². The summed E-state index contributed by atoms with van der Waals surface area (Å²) < 4.78 is 0. The zero-order valence-corrected chi connectivity index (χ0v) is 11.9. The number of carbonyl (C=O) groups is 2. The number of nitrogens with zero attached hydrogens (tertiary/aromatic N) is 1. The van der Waals surface area contributed by atoms with Gasteiger partial charge >= 0.3 is 5.97 Å². The molecular weight excluding hydrogens is 262 g/mol. The molecule has 0 saturated heterocycles. The number of likely N-dealkylation sites (N-methyl/N-ethyl adjacent to an activating group) is 1. The monoisotopic (exact) mass is 281 g/mol. The summed E-state index contributed by atoms with van der Waals surface area (Å²) in [5.41, 5.74) is 1.19. The molecule has 4 nitrogen and oxygen atoms in total. The predicted molar refractivity (Wildman–Crippen MR) is 74.5 cm³/mol. The number of aliphatic carboxylic acids is 1. The highest BCUT2D eigenvalue weighted by molar-refractivity contribution is 7.10. The summed E-state index contributed by atoms with van der Waals surface area (Å²) in [6.45, 7) is 0.515. The van der Waals surface area contributed by atoms with E-state index in [2.05, 4.69) is 11.4 Å². The van der Waals surface area contributed by atoms with Crippen LogP contribution in [0.5, 0.6) is 0 Å². The van der Waals surface area contributed by atoms with Crippen molar-refractivity contribution < 1.29 is 14.7 Å². The SMILES string of the molecule is CN(CCCC(=O)O)C(=O)C1CCCc2sccc21. The summed E-state index contributed by atoms with van der Waals surface area (Å²) in [6.07, 6.45) is 3.69. The van der Waals surface area contributed by atoms with Gasteiger partial charge in [-0.2, -0.15) is 0 Å². The highest BCUT2D eigenvalue weighted by Crippen LogP contribution is 2.35. The summed E-state index contributed by atoms with van der Waals surface area (Å²) in [6, 6.07) is 2.06. The number of fused-ring (bicyclic) bond motifs is 1. The van der Waals surface area contributed by atoms with Crippen LogP contribution < -0.4 is 0 Å². The van der Waals surface area contributed by atoms with Crippen LogP contribution in [-0.2, 0) is 16.0 Å². The van der Waals surface area contributed by atoms with Crippen molar-refractivity contribution in [2.24, 2.45) is 0 Å². The van der Waals surface area contributed by atoms with Gasteiger partial charge in [-0.1, -0.05) is 0 Å². The molecule has 104 valence electrons. The molecule has 1 unspecified atom stereocenters. The Bertz CT molecular complexity index is 469. The molecule has 0 saturated carbocycles. The quantitative estimate of drug-likeness (QED) is 0.902. The van der Waals surface area contributed by atoms with Crippen LogP contribution in [0.15, 0.2) is 11.4 Å². The molecule has 1 aliphatic rings. The molecule has 1 amide bonds. The molecule has 0 fully saturated rings. The fraction of sp³-hybridized carbons (Fsp3) is 0.571. The Balaban J connectivity index is 1.95. The number of hydrogen-bond acceptors (Lipinski definition) is 3. The Morgan fingerprint density at radius 1 is 1.53 bits per heavy atom. The first-order valence-electron chi connectivity index (χ1n) is 6.62. The van der Waals surface area contributed by atoms with Crippen LogP contribution in [0.25, 0.3) is 0 Å². The maximum absolute atomic E-state index is 12.4. The number of rotatable bonds is 5. The van der Waals surface area contributed by atoms with Crippen molar-refractivity contribution in [1.82, 2.24) is 4.90 Å². The second kappa shape index (κ2) is 6.19. The van der Waals surface area contributed by atoms with Crippen molar-refractivity contribution in [2.45, 2.75) is 38.0 Å². The lowest BCUT2D eigenvalue weighted by Crippen LogP contribution is -2.34. The first-order valence-corrected chi connectivity index (χ1v) is 7.50. The third-order valence-corrected chi connectivity index (χ3v) is 4.61. The summed E-state index contributed by atoms with van der Waals surface area (Å²) >= 11 is 1.73. The Morgan fingerprint density at radius 2 is 2.32 bits per heavy atom. The van der Waals surface area contributed by atoms with Gasteiger partial charge in [0, 0.05) is 24.9 Å². The molecule has 1 N–H and O–H groups in total. The number of hydrogen-bond donors (Lipinski definition) is 1. The highest BCUT2D eigenvalue weighted by Gasteiger charge is 2.29. The molecule has 1 aromatic heterocycles. The Labute approximate surface area is 117 Å². The lowest BCUT2D eigenvalue weighted by atomic mass is 9.87. The lowest BCUT2D eigenvalue weighted by Gasteiger charge is -2.26. The average molecular weight is 281 g/mol. The van der Waals surface area contributed by atoms with Crippen molar-refractivity contribution in [1.29, 1.82) is 0 Å². The molecule has 0 radical (unpaired) electrons. The van der Waals surface area contributed by atoms with Gasteiger partial charge in [0.15, 0.2) is 0 Å². The van der Waals surface area contributed by atoms with Crippen LogP contribution >= 0.6 is 11.3 Å². The van der Waals surface area contributed by atoms with Crippen molar-refractivity contribution in [3.63, 3.8) is 0 Å². The molecule has 19 heavy (non-hydrogen) atoms. The second-order valence-electron chi connectivity index (χ2n) is 5.00. The predicted octanol–water partition coefficient (Wildman–Crippen LogP) is 2.49. The molecular formula is C14H19NO3S. The third-order valence-electron chi connectivity index (χ3n) is 3.61. The largest absolute Gasteiger partial charge is 0.481 e. The first-order chi connectivity index (χ1) is 9.09. The minimum Gasteiger partial charge on any atom is -0.481 e. The second-order valence-corrected chi connectivity index (χ2v) is 6.00. The molecule has 1 atom stereocenters. The zero-order chi connectivity index (χ0) is 13.8. The van der Waals surface area contributed by atoms with E-state index >= 15 is 0 Å². The van der Waals surface area contributed by atoms with E-state index < -0.39 is 5.97 Å². The van der Waals surface area contributed by atoms with Gasteiger partial charge in [0.1, 0.15) is 0 Å². The van der Waals surface area contributed by atoms with Crippen molar-refractivity contribution in [3.8, 4) is 0 Å². The highest BCUT2D eigenvalue weighted by atomic mass is 32.1. The molecule has 0 aromatic carbocycles. The molecule has 0 bridgehead atoms. The van der Waals surface area contributed by atoms with Gasteiger partial charge in [0.05, 0.1) is 5.92 Å². The fourth-order valence-electron chi connectivity index (χ4n) is 2.59. The molecule has 0 aliphatic heterocycles. The molecule has 2 rings (SSSR count). The average Bonchev–Trinajstić information content (AvgIpc) is 2.85. The lowest BCUT2D eigenvalue weighted by molar-refractivity contribution is -0.138. The topological polar surface area (TPSA) is 57.6 Å². The van der Waals surface area contributed by atoms with Crippen molar-refractivity contribution in [3.05, 3.63) is 21.9 Å². The van der Waals surface area contributed by atoms with Gasteiger partial charge in [-0.3, -0.25) is 9.59 Å². The van der Waals surface area contributed by atoms with Crippen LogP contribution in [-0.4, -0.2) is 35.5 Å². The molecule has 1 aromatic rings. The minimum atomic E-state index is -0.807. The number of carboxylic acid groups (broad SMARTS) is 1. The van der Waals surface area contributed by atoms with E-state index in [4.69, 9.17) is 5.11 Å². The van der Waals surface area contributed by atoms with E-state index in [1.807, 2.05) is 0 Å². The van der Waals surface area contributed by atoms with E-state index in [-0.39, 0.29) is 18.2 Å². The Morgan fingerprint density at radius 3 is 3.05 bits per heavy atom. The molecule has 5 heteroatoms. The van der Waals surface area contributed by atoms with Crippen LogP contribution in [0.3, 0.4) is 0 Å². The summed E-state index contributed by atoms with van der Waals surface area (Å²) in [4.78, 5) is 25.9. The van der Waals surface area contributed by atoms with E-state index in [0.29, 0.717) is 13.0 Å². The summed E-state index contributed by atoms with van der Waals surface area (Å²) in [5, 5.41) is 10.7. The molecule has 1 aliphatic carbocycles. The Kier molecular flexibility index (Phi) is 4.58. The summed E-state index contributed by atoms with van der Waals surface area (Å²) in [7, 11) is 1.77. The first kappa shape index (κ1) is 14.1. The minimum absolute atomic E-state index is 0.0233. The third kappa shape index (κ3) is 3.35. The normalized spacial score (nSPS) is 17.8. The van der Waals surface area contributed by atoms with Crippen molar-refractivity contribution >= 4 is 23.2 Å². The number of thiophene rings is 1. The van der Waals surface area contributed by atoms with Crippen LogP contribution in [0.4, 0.5) is 0 Å². The van der Waals surface area contributed by atoms with E-state index in [1.54, 1.807) is 23.3 Å². The zero-order valence-electron chi connectivity index (χ0n) is 11.1. The maximum atomic E-state index is 12.4. The van der Waals surface area contributed by atoms with Gasteiger partial charge in [-0.05, 0) is 42.7 Å². The van der Waals surface area contributed by atoms with Crippen LogP contribution in [0, 0.1) is 0 Å². The standard InChI is InChI=1S/C14H19NO3S/c1-15(8-3-6-13(16)17)14(18)11-4-2-5-12-10(11)7-9-19-12/h7,9,11H,2-6,8H2,1H3,(H,16,17). The van der Waals surface area contributed by atoms with Crippen LogP contribution in [0.1, 0.15) is 42.0 Å². The van der Waals surface area contributed by atoms with E-state index in [9.17, 15) is 9.59 Å². The molecule has 0 spiro atoms. The Hall–Kier alpha value is -1.36. The smallest absolute Gasteiger partial charge is 0.303 e. The van der Waals surface area contributed by atoms with Gasteiger partial charge in [0.2, 0.25) is 5.91 Å². The maximum Gasteiger partial charge on any atom is 0.303 e. The number of aryl methyl sites for hydroxylation is 1. The summed E-state index contributed by atoms with van der Waals surface area (Å²) in [5.74, 6) is -0.701. The fourth-order valence-corrected chi connectivity index (χ4v) is 3.57. The number of carboxylic acids is 1. The van der Waals surface area contributed by atoms with E-state index in [1.165, 1.54) is 10.4 Å². The van der Waals surface area contributed by atoms with Crippen LogP contribution in [0.2, 0.25) is 0 Å².